The van der Waals surface area contributed by atoms with E-state index in [0.29, 0.717) is 27.7 Å². The highest BCUT2D eigenvalue weighted by molar-refractivity contribution is 6.30. The van der Waals surface area contributed by atoms with Gasteiger partial charge < -0.3 is 14.1 Å². The molecule has 0 aliphatic carbocycles. The summed E-state index contributed by atoms with van der Waals surface area (Å²) in [4.78, 5) is 33.2. The molecule has 3 heterocycles. The van der Waals surface area contributed by atoms with Gasteiger partial charge in [-0.25, -0.2) is 18.0 Å². The van der Waals surface area contributed by atoms with Gasteiger partial charge in [-0.1, -0.05) is 23.7 Å². The summed E-state index contributed by atoms with van der Waals surface area (Å²) in [5.41, 5.74) is 1.67. The van der Waals surface area contributed by atoms with Crippen LogP contribution in [0.15, 0.2) is 86.0 Å². The number of carbonyl (C=O) groups excluding carboxylic acids is 1. The van der Waals surface area contributed by atoms with Crippen molar-refractivity contribution in [2.75, 3.05) is 13.1 Å². The smallest absolute Gasteiger partial charge is 0.417 e. The molecule has 0 radical (unpaired) electrons. The number of halogens is 4. The highest BCUT2D eigenvalue weighted by atomic mass is 35.5. The lowest BCUT2D eigenvalue weighted by Crippen LogP contribution is -2.40. The summed E-state index contributed by atoms with van der Waals surface area (Å²) in [6.45, 7) is -0.169. The third kappa shape index (κ3) is 4.61. The van der Waals surface area contributed by atoms with Crippen molar-refractivity contribution in [1.29, 1.82) is 0 Å². The van der Waals surface area contributed by atoms with E-state index in [-0.39, 0.29) is 34.5 Å². The molecule has 1 atom stereocenters. The number of ether oxygens (including phenoxy) is 1. The molecule has 2 aliphatic heterocycles. The highest BCUT2D eigenvalue weighted by Gasteiger charge is 2.47. The monoisotopic (exact) mass is 553 g/mol. The van der Waals surface area contributed by atoms with Crippen molar-refractivity contribution in [2.24, 2.45) is 4.99 Å². The van der Waals surface area contributed by atoms with Gasteiger partial charge >= 0.3 is 5.76 Å². The van der Waals surface area contributed by atoms with Crippen molar-refractivity contribution >= 4 is 34.3 Å². The van der Waals surface area contributed by atoms with Crippen molar-refractivity contribution < 1.29 is 27.1 Å². The molecule has 39 heavy (non-hydrogen) atoms. The number of aromatic nitrogens is 1. The molecule has 1 N–H and O–H groups in total. The van der Waals surface area contributed by atoms with Crippen LogP contribution in [0.5, 0.6) is 11.5 Å². The van der Waals surface area contributed by atoms with Crippen LogP contribution in [-0.4, -0.2) is 40.5 Å². The van der Waals surface area contributed by atoms with Crippen molar-refractivity contribution in [3.05, 3.63) is 104 Å². The topological polar surface area (TPSA) is 87.9 Å². The molecule has 0 bridgehead atoms. The number of benzene rings is 3. The number of nitrogens with one attached hydrogen (secondary N) is 1. The second-order valence-electron chi connectivity index (χ2n) is 9.43. The number of hydrogen-bond donors (Lipinski definition) is 1. The maximum Gasteiger partial charge on any atom is 0.417 e. The van der Waals surface area contributed by atoms with Gasteiger partial charge in [0.1, 0.15) is 17.3 Å². The number of alkyl halides is 2. The second-order valence-corrected chi connectivity index (χ2v) is 9.87. The molecule has 1 amide bonds. The first-order valence-corrected chi connectivity index (χ1v) is 12.3. The number of H-pyrrole nitrogens is 1. The van der Waals surface area contributed by atoms with E-state index >= 15 is 0 Å². The van der Waals surface area contributed by atoms with Crippen LogP contribution in [0.4, 0.5) is 13.2 Å². The van der Waals surface area contributed by atoms with Crippen LogP contribution in [0, 0.1) is 5.82 Å². The van der Waals surface area contributed by atoms with Crippen LogP contribution in [-0.2, 0) is 4.79 Å². The SMILES string of the molecule is CC(F)(F)CN1C(=O)C2=C(C(c3cc(F)cc4[nH]c(=O)oc34)=NC2)C1c1ccc(Oc2ccc(Cl)cc2)cc1. The molecular weight excluding hydrogens is 535 g/mol. The third-order valence-corrected chi connectivity index (χ3v) is 6.77. The van der Waals surface area contributed by atoms with E-state index in [9.17, 15) is 22.8 Å². The molecule has 0 spiro atoms. The number of aliphatic imine (C=N–C) groups is 1. The fourth-order valence-corrected chi connectivity index (χ4v) is 5.12. The Balaban J connectivity index is 1.42. The van der Waals surface area contributed by atoms with Gasteiger partial charge in [-0.15, -0.1) is 0 Å². The van der Waals surface area contributed by atoms with Gasteiger partial charge in [0.2, 0.25) is 0 Å². The van der Waals surface area contributed by atoms with Gasteiger partial charge in [0, 0.05) is 34.7 Å². The van der Waals surface area contributed by atoms with E-state index in [2.05, 4.69) is 9.98 Å². The van der Waals surface area contributed by atoms with Crippen molar-refractivity contribution in [1.82, 2.24) is 9.88 Å². The van der Waals surface area contributed by atoms with Crippen molar-refractivity contribution in [3.8, 4) is 11.5 Å². The fraction of sp³-hybridized carbons (Fsp3) is 0.179. The van der Waals surface area contributed by atoms with Crippen LogP contribution in [0.3, 0.4) is 0 Å². The maximum atomic E-state index is 14.5. The van der Waals surface area contributed by atoms with Gasteiger partial charge in [0.15, 0.2) is 5.58 Å². The third-order valence-electron chi connectivity index (χ3n) is 6.51. The van der Waals surface area contributed by atoms with E-state index < -0.39 is 36.0 Å². The summed E-state index contributed by atoms with van der Waals surface area (Å²) in [7, 11) is 0. The van der Waals surface area contributed by atoms with E-state index in [1.54, 1.807) is 48.5 Å². The summed E-state index contributed by atoms with van der Waals surface area (Å²) in [6.07, 6.45) is 0. The Morgan fingerprint density at radius 1 is 1.10 bits per heavy atom. The quantitative estimate of drug-likeness (QED) is 0.315. The molecule has 2 aliphatic rings. The Morgan fingerprint density at radius 2 is 1.77 bits per heavy atom. The second kappa shape index (κ2) is 9.16. The molecule has 7 nitrogen and oxygen atoms in total. The number of fused-ring (bicyclic) bond motifs is 1. The van der Waals surface area contributed by atoms with E-state index in [4.69, 9.17) is 20.8 Å². The zero-order valence-electron chi connectivity index (χ0n) is 20.3. The molecule has 0 saturated carbocycles. The lowest BCUT2D eigenvalue weighted by atomic mass is 9.91. The Labute approximate surface area is 224 Å². The molecule has 3 aromatic carbocycles. The van der Waals surface area contributed by atoms with Gasteiger partial charge in [-0.3, -0.25) is 14.8 Å². The Kier molecular flexibility index (Phi) is 5.87. The average molecular weight is 554 g/mol. The van der Waals surface area contributed by atoms with E-state index in [1.807, 2.05) is 0 Å². The number of oxazole rings is 1. The van der Waals surface area contributed by atoms with Crippen LogP contribution < -0.4 is 10.5 Å². The molecule has 0 fully saturated rings. The lowest BCUT2D eigenvalue weighted by Gasteiger charge is -2.30. The number of rotatable bonds is 6. The van der Waals surface area contributed by atoms with E-state index in [0.717, 1.165) is 24.0 Å². The normalized spacial score (nSPS) is 17.3. The van der Waals surface area contributed by atoms with Gasteiger partial charge in [-0.05, 0) is 48.0 Å². The molecular formula is C28H19ClF3N3O4. The van der Waals surface area contributed by atoms with E-state index in [1.165, 1.54) is 0 Å². The molecule has 198 valence electrons. The van der Waals surface area contributed by atoms with Gasteiger partial charge in [0.05, 0.1) is 30.4 Å². The first-order valence-electron chi connectivity index (χ1n) is 11.9. The van der Waals surface area contributed by atoms with Crippen molar-refractivity contribution in [3.63, 3.8) is 0 Å². The maximum absolute atomic E-state index is 14.5. The minimum absolute atomic E-state index is 0.0612. The predicted molar refractivity (Wildman–Crippen MR) is 138 cm³/mol. The number of carbonyl (C=O) groups is 1. The molecule has 1 unspecified atom stereocenters. The van der Waals surface area contributed by atoms with Crippen LogP contribution in [0.25, 0.3) is 11.1 Å². The minimum atomic E-state index is -3.18. The number of aromatic amines is 1. The predicted octanol–water partition coefficient (Wildman–Crippen LogP) is 6.04. The summed E-state index contributed by atoms with van der Waals surface area (Å²) in [5.74, 6) is -4.18. The number of hydrogen-bond acceptors (Lipinski definition) is 5. The highest BCUT2D eigenvalue weighted by Crippen LogP contribution is 2.45. The average Bonchev–Trinajstić information content (AvgIpc) is 3.54. The summed E-state index contributed by atoms with van der Waals surface area (Å²) in [6, 6.07) is 14.8. The fourth-order valence-electron chi connectivity index (χ4n) is 4.99. The minimum Gasteiger partial charge on any atom is -0.457 e. The molecule has 0 saturated heterocycles. The first kappa shape index (κ1) is 25.0. The summed E-state index contributed by atoms with van der Waals surface area (Å²) >= 11 is 5.92. The Morgan fingerprint density at radius 3 is 2.44 bits per heavy atom. The molecule has 11 heteroatoms. The standard InChI is InChI=1S/C28H19ClF3N3O4/c1-28(31,32)13-35-24(14-2-6-17(7-3-14)38-18-8-4-15(29)5-9-18)22-20(26(35)36)12-33-23(22)19-10-16(30)11-21-25(19)39-27(37)34-21/h2-11,24H,12-13H2,1H3,(H,34,37). The summed E-state index contributed by atoms with van der Waals surface area (Å²) in [5, 5.41) is 0.559. The van der Waals surface area contributed by atoms with Crippen molar-refractivity contribution in [2.45, 2.75) is 18.9 Å². The number of nitrogens with zero attached hydrogens (tertiary/aromatic N) is 2. The largest absolute Gasteiger partial charge is 0.457 e. The molecule has 6 rings (SSSR count). The van der Waals surface area contributed by atoms with Crippen LogP contribution >= 0.6 is 11.6 Å². The molecule has 4 aromatic rings. The van der Waals surface area contributed by atoms with Gasteiger partial charge in [-0.2, -0.15) is 0 Å². The lowest BCUT2D eigenvalue weighted by molar-refractivity contribution is -0.132. The van der Waals surface area contributed by atoms with Gasteiger partial charge in [0.25, 0.3) is 11.8 Å². The molecule has 1 aromatic heterocycles. The Bertz CT molecular complexity index is 1740. The van der Waals surface area contributed by atoms with Crippen LogP contribution in [0.2, 0.25) is 5.02 Å². The van der Waals surface area contributed by atoms with Crippen LogP contribution in [0.1, 0.15) is 24.1 Å². The number of amides is 1. The zero-order valence-corrected chi connectivity index (χ0v) is 21.1. The first-order chi connectivity index (χ1) is 18.6. The zero-order chi connectivity index (χ0) is 27.5. The summed E-state index contributed by atoms with van der Waals surface area (Å²) < 4.78 is 54.1. The Hall–Kier alpha value is -4.31.